The summed E-state index contributed by atoms with van der Waals surface area (Å²) in [4.78, 5) is 12.8. The number of carbonyl (C=O) groups excluding carboxylic acids is 1. The van der Waals surface area contributed by atoms with Crippen molar-refractivity contribution in [3.05, 3.63) is 0 Å². The molecule has 0 atom stereocenters. The van der Waals surface area contributed by atoms with E-state index in [1.165, 1.54) is 12.8 Å². The molecule has 0 aliphatic rings. The second-order valence-corrected chi connectivity index (χ2v) is 3.60. The highest BCUT2D eigenvalue weighted by molar-refractivity contribution is 5.77. The Labute approximate surface area is 81.5 Å². The van der Waals surface area contributed by atoms with Gasteiger partial charge in [-0.1, -0.05) is 26.7 Å². The van der Waals surface area contributed by atoms with Crippen LogP contribution in [0.2, 0.25) is 0 Å². The van der Waals surface area contributed by atoms with Gasteiger partial charge in [-0.2, -0.15) is 0 Å². The van der Waals surface area contributed by atoms with Gasteiger partial charge in [-0.15, -0.1) is 0 Å². The van der Waals surface area contributed by atoms with E-state index < -0.39 is 0 Å². The summed E-state index contributed by atoms with van der Waals surface area (Å²) in [5.74, 6) is 0.848. The number of hydrogen-bond acceptors (Lipinski definition) is 2. The van der Waals surface area contributed by atoms with E-state index in [0.717, 1.165) is 6.54 Å². The lowest BCUT2D eigenvalue weighted by molar-refractivity contribution is -0.127. The van der Waals surface area contributed by atoms with Crippen LogP contribution in [0.1, 0.15) is 26.7 Å². The number of amides is 1. The molecule has 78 valence electrons. The zero-order valence-electron chi connectivity index (χ0n) is 9.26. The lowest BCUT2D eigenvalue weighted by atomic mass is 10.0. The van der Waals surface area contributed by atoms with Crippen molar-refractivity contribution in [2.75, 3.05) is 27.2 Å². The van der Waals surface area contributed by atoms with E-state index in [9.17, 15) is 4.79 Å². The Balaban J connectivity index is 3.49. The minimum Gasteiger partial charge on any atom is -0.348 e. The summed E-state index contributed by atoms with van der Waals surface area (Å²) in [6.45, 7) is 5.78. The van der Waals surface area contributed by atoms with Gasteiger partial charge >= 0.3 is 0 Å². The molecule has 0 aromatic heterocycles. The summed E-state index contributed by atoms with van der Waals surface area (Å²) in [6.07, 6.45) is 2.36. The van der Waals surface area contributed by atoms with Crippen LogP contribution in [0.5, 0.6) is 0 Å². The van der Waals surface area contributed by atoms with Crippen molar-refractivity contribution < 1.29 is 4.79 Å². The van der Waals surface area contributed by atoms with Crippen molar-refractivity contribution in [3.63, 3.8) is 0 Å². The van der Waals surface area contributed by atoms with Crippen LogP contribution in [0, 0.1) is 5.92 Å². The highest BCUT2D eigenvalue weighted by Crippen LogP contribution is 2.04. The highest BCUT2D eigenvalue weighted by Gasteiger charge is 2.05. The first-order valence-corrected chi connectivity index (χ1v) is 5.02. The third-order valence-electron chi connectivity index (χ3n) is 2.36. The van der Waals surface area contributed by atoms with Gasteiger partial charge in [-0.05, 0) is 12.5 Å². The van der Waals surface area contributed by atoms with Crippen LogP contribution < -0.4 is 5.32 Å². The Morgan fingerprint density at radius 3 is 2.23 bits per heavy atom. The molecule has 0 heterocycles. The Morgan fingerprint density at radius 1 is 1.31 bits per heavy atom. The molecule has 0 aliphatic carbocycles. The Morgan fingerprint density at radius 2 is 1.85 bits per heavy atom. The largest absolute Gasteiger partial charge is 0.348 e. The molecule has 3 heteroatoms. The van der Waals surface area contributed by atoms with Gasteiger partial charge in [0.15, 0.2) is 0 Å². The molecule has 1 amide bonds. The van der Waals surface area contributed by atoms with E-state index in [4.69, 9.17) is 0 Å². The van der Waals surface area contributed by atoms with Crippen molar-refractivity contribution in [1.29, 1.82) is 0 Å². The summed E-state index contributed by atoms with van der Waals surface area (Å²) in [5, 5.41) is 3.18. The molecule has 0 radical (unpaired) electrons. The third kappa shape index (κ3) is 5.64. The Kier molecular flexibility index (Phi) is 6.59. The number of carbonyl (C=O) groups is 1. The fourth-order valence-electron chi connectivity index (χ4n) is 1.12. The summed E-state index contributed by atoms with van der Waals surface area (Å²) in [5.41, 5.74) is 0. The second kappa shape index (κ2) is 6.89. The van der Waals surface area contributed by atoms with E-state index in [1.807, 2.05) is 0 Å². The number of nitrogens with zero attached hydrogens (tertiary/aromatic N) is 1. The minimum atomic E-state index is 0.144. The maximum atomic E-state index is 11.2. The normalized spacial score (nSPS) is 10.5. The van der Waals surface area contributed by atoms with Crippen LogP contribution in [0.4, 0.5) is 0 Å². The van der Waals surface area contributed by atoms with E-state index in [0.29, 0.717) is 12.5 Å². The van der Waals surface area contributed by atoms with Crippen LogP contribution in [0.15, 0.2) is 0 Å². The quantitative estimate of drug-likeness (QED) is 0.673. The first kappa shape index (κ1) is 12.4. The summed E-state index contributed by atoms with van der Waals surface area (Å²) in [6, 6.07) is 0. The zero-order chi connectivity index (χ0) is 10.3. The molecule has 0 aromatic carbocycles. The van der Waals surface area contributed by atoms with Crippen molar-refractivity contribution in [3.8, 4) is 0 Å². The van der Waals surface area contributed by atoms with Crippen molar-refractivity contribution in [1.82, 2.24) is 10.2 Å². The third-order valence-corrected chi connectivity index (χ3v) is 2.36. The molecule has 13 heavy (non-hydrogen) atoms. The fraction of sp³-hybridized carbons (Fsp3) is 0.900. The molecule has 1 N–H and O–H groups in total. The molecule has 0 rings (SSSR count). The molecule has 0 saturated carbocycles. The minimum absolute atomic E-state index is 0.144. The standard InChI is InChI=1S/C10H22N2O/c1-5-9(6-2)7-11-8-10(13)12(3)4/h9,11H,5-8H2,1-4H3. The van der Waals surface area contributed by atoms with E-state index in [-0.39, 0.29) is 5.91 Å². The molecule has 0 spiro atoms. The molecular weight excluding hydrogens is 164 g/mol. The van der Waals surface area contributed by atoms with Gasteiger partial charge in [0.1, 0.15) is 0 Å². The Bertz CT molecular complexity index is 142. The van der Waals surface area contributed by atoms with Crippen LogP contribution >= 0.6 is 0 Å². The molecule has 0 saturated heterocycles. The zero-order valence-corrected chi connectivity index (χ0v) is 9.26. The number of hydrogen-bond donors (Lipinski definition) is 1. The van der Waals surface area contributed by atoms with Crippen LogP contribution in [0.25, 0.3) is 0 Å². The lowest BCUT2D eigenvalue weighted by Crippen LogP contribution is -2.35. The molecule has 0 bridgehead atoms. The van der Waals surface area contributed by atoms with Crippen molar-refractivity contribution in [2.24, 2.45) is 5.92 Å². The highest BCUT2D eigenvalue weighted by atomic mass is 16.2. The molecule has 0 fully saturated rings. The average Bonchev–Trinajstić information content (AvgIpc) is 2.12. The topological polar surface area (TPSA) is 32.3 Å². The van der Waals surface area contributed by atoms with Gasteiger partial charge in [-0.25, -0.2) is 0 Å². The first-order chi connectivity index (χ1) is 6.11. The van der Waals surface area contributed by atoms with E-state index in [1.54, 1.807) is 19.0 Å². The van der Waals surface area contributed by atoms with Gasteiger partial charge in [0.2, 0.25) is 5.91 Å². The summed E-state index contributed by atoms with van der Waals surface area (Å²) < 4.78 is 0. The Hall–Kier alpha value is -0.570. The summed E-state index contributed by atoms with van der Waals surface area (Å²) >= 11 is 0. The molecule has 3 nitrogen and oxygen atoms in total. The predicted molar refractivity (Wildman–Crippen MR) is 55.6 cm³/mol. The first-order valence-electron chi connectivity index (χ1n) is 5.02. The van der Waals surface area contributed by atoms with E-state index in [2.05, 4.69) is 19.2 Å². The van der Waals surface area contributed by atoms with Gasteiger partial charge in [0.25, 0.3) is 0 Å². The molecular formula is C10H22N2O. The van der Waals surface area contributed by atoms with Crippen LogP contribution in [-0.4, -0.2) is 38.0 Å². The number of rotatable bonds is 6. The predicted octanol–water partition coefficient (Wildman–Crippen LogP) is 1.10. The van der Waals surface area contributed by atoms with Gasteiger partial charge < -0.3 is 10.2 Å². The van der Waals surface area contributed by atoms with Crippen molar-refractivity contribution in [2.45, 2.75) is 26.7 Å². The lowest BCUT2D eigenvalue weighted by Gasteiger charge is -2.15. The smallest absolute Gasteiger partial charge is 0.236 e. The van der Waals surface area contributed by atoms with Gasteiger partial charge in [-0.3, -0.25) is 4.79 Å². The average molecular weight is 186 g/mol. The maximum absolute atomic E-state index is 11.2. The maximum Gasteiger partial charge on any atom is 0.236 e. The molecule has 0 unspecified atom stereocenters. The molecule has 0 aromatic rings. The molecule has 0 aliphatic heterocycles. The monoisotopic (exact) mass is 186 g/mol. The summed E-state index contributed by atoms with van der Waals surface area (Å²) in [7, 11) is 3.56. The van der Waals surface area contributed by atoms with E-state index >= 15 is 0 Å². The number of likely N-dealkylation sites (N-methyl/N-ethyl adjacent to an activating group) is 1. The SMILES string of the molecule is CCC(CC)CNCC(=O)N(C)C. The van der Waals surface area contributed by atoms with Crippen molar-refractivity contribution >= 4 is 5.91 Å². The van der Waals surface area contributed by atoms with Gasteiger partial charge in [0.05, 0.1) is 6.54 Å². The van der Waals surface area contributed by atoms with Gasteiger partial charge in [0, 0.05) is 14.1 Å². The number of nitrogens with one attached hydrogen (secondary N) is 1. The fourth-order valence-corrected chi connectivity index (χ4v) is 1.12. The second-order valence-electron chi connectivity index (χ2n) is 3.60. The van der Waals surface area contributed by atoms with Crippen LogP contribution in [-0.2, 0) is 4.79 Å². The van der Waals surface area contributed by atoms with Crippen LogP contribution in [0.3, 0.4) is 0 Å².